The van der Waals surface area contributed by atoms with Crippen molar-refractivity contribution in [2.45, 2.75) is 12.5 Å². The molecule has 0 radical (unpaired) electrons. The first kappa shape index (κ1) is 18.6. The largest absolute Gasteiger partial charge is 0.492 e. The summed E-state index contributed by atoms with van der Waals surface area (Å²) in [5, 5.41) is 0. The maximum Gasteiger partial charge on any atom is 0.248 e. The van der Waals surface area contributed by atoms with Crippen LogP contribution in [0.4, 0.5) is 4.39 Å². The predicted octanol–water partition coefficient (Wildman–Crippen LogP) is 3.45. The first-order valence-corrected chi connectivity index (χ1v) is 8.99. The van der Waals surface area contributed by atoms with Crippen LogP contribution in [0.2, 0.25) is 0 Å². The molecule has 1 aromatic heterocycles. The molecular weight excluding hydrogens is 375 g/mol. The van der Waals surface area contributed by atoms with Crippen molar-refractivity contribution in [3.63, 3.8) is 0 Å². The molecule has 0 aliphatic carbocycles. The molecular formula is C22H17FN2O4. The zero-order valence-corrected chi connectivity index (χ0v) is 15.3. The molecule has 0 saturated heterocycles. The zero-order chi connectivity index (χ0) is 20.4. The number of carbonyl (C=O) groups is 2. The number of benzene rings is 2. The van der Waals surface area contributed by atoms with E-state index in [-0.39, 0.29) is 35.9 Å². The van der Waals surface area contributed by atoms with E-state index in [0.29, 0.717) is 5.56 Å². The van der Waals surface area contributed by atoms with E-state index < -0.39 is 17.8 Å². The van der Waals surface area contributed by atoms with E-state index in [0.717, 1.165) is 11.1 Å². The number of nitrogens with zero attached hydrogens (tertiary/aromatic N) is 1. The fourth-order valence-electron chi connectivity index (χ4n) is 3.21. The Bertz CT molecular complexity index is 1070. The Labute approximate surface area is 166 Å². The summed E-state index contributed by atoms with van der Waals surface area (Å²) in [5.41, 5.74) is 7.14. The second-order valence-electron chi connectivity index (χ2n) is 6.56. The van der Waals surface area contributed by atoms with Gasteiger partial charge in [-0.15, -0.1) is 0 Å². The fraction of sp³-hybridized carbons (Fsp3) is 0.136. The average molecular weight is 392 g/mol. The Hall–Kier alpha value is -3.74. The van der Waals surface area contributed by atoms with Gasteiger partial charge in [0.1, 0.15) is 23.4 Å². The second-order valence-corrected chi connectivity index (χ2v) is 6.56. The van der Waals surface area contributed by atoms with Gasteiger partial charge in [0.25, 0.3) is 0 Å². The number of ether oxygens (including phenoxy) is 2. The highest BCUT2D eigenvalue weighted by atomic mass is 19.1. The van der Waals surface area contributed by atoms with Crippen LogP contribution in [0.3, 0.4) is 0 Å². The van der Waals surface area contributed by atoms with Crippen LogP contribution >= 0.6 is 0 Å². The smallest absolute Gasteiger partial charge is 0.248 e. The van der Waals surface area contributed by atoms with E-state index in [9.17, 15) is 14.0 Å². The molecule has 0 bridgehead atoms. The molecule has 2 heterocycles. The second kappa shape index (κ2) is 7.71. The molecule has 0 fully saturated rings. The number of nitrogens with two attached hydrogens (primary N) is 1. The lowest BCUT2D eigenvalue weighted by Crippen LogP contribution is -2.18. The minimum atomic E-state index is -0.681. The van der Waals surface area contributed by atoms with Gasteiger partial charge >= 0.3 is 0 Å². The Morgan fingerprint density at radius 3 is 2.48 bits per heavy atom. The molecule has 0 saturated carbocycles. The molecule has 6 nitrogen and oxygen atoms in total. The Balaban J connectivity index is 1.72. The van der Waals surface area contributed by atoms with Crippen molar-refractivity contribution >= 4 is 11.7 Å². The van der Waals surface area contributed by atoms with Gasteiger partial charge < -0.3 is 15.2 Å². The summed E-state index contributed by atoms with van der Waals surface area (Å²) < 4.78 is 26.1. The van der Waals surface area contributed by atoms with Crippen molar-refractivity contribution in [1.82, 2.24) is 4.98 Å². The van der Waals surface area contributed by atoms with E-state index >= 15 is 0 Å². The topological polar surface area (TPSA) is 91.5 Å². The first-order chi connectivity index (χ1) is 14.0. The van der Waals surface area contributed by atoms with Crippen LogP contribution in [-0.2, 0) is 0 Å². The molecule has 2 N–H and O–H groups in total. The number of carbonyl (C=O) groups excluding carboxylic acids is 2. The number of hydrogen-bond acceptors (Lipinski definition) is 5. The number of halogens is 1. The van der Waals surface area contributed by atoms with E-state index in [4.69, 9.17) is 15.2 Å². The van der Waals surface area contributed by atoms with Crippen molar-refractivity contribution in [2.24, 2.45) is 5.73 Å². The number of pyridine rings is 1. The van der Waals surface area contributed by atoms with E-state index in [1.54, 1.807) is 48.8 Å². The molecule has 3 aromatic rings. The van der Waals surface area contributed by atoms with Crippen molar-refractivity contribution in [1.29, 1.82) is 0 Å². The van der Waals surface area contributed by atoms with Crippen molar-refractivity contribution in [2.75, 3.05) is 6.61 Å². The Kier molecular flexibility index (Phi) is 4.95. The lowest BCUT2D eigenvalue weighted by Gasteiger charge is -2.22. The number of primary amides is 1. The highest BCUT2D eigenvalue weighted by Gasteiger charge is 2.25. The van der Waals surface area contributed by atoms with Gasteiger partial charge in [-0.05, 0) is 35.4 Å². The van der Waals surface area contributed by atoms with E-state index in [2.05, 4.69) is 4.98 Å². The Morgan fingerprint density at radius 1 is 1.10 bits per heavy atom. The van der Waals surface area contributed by atoms with Crippen LogP contribution in [0, 0.1) is 5.82 Å². The van der Waals surface area contributed by atoms with Crippen molar-refractivity contribution in [3.05, 3.63) is 89.0 Å². The molecule has 1 amide bonds. The molecule has 29 heavy (non-hydrogen) atoms. The number of fused-ring (bicyclic) bond motifs is 1. The minimum Gasteiger partial charge on any atom is -0.492 e. The highest BCUT2D eigenvalue weighted by molar-refractivity contribution is 6.00. The van der Waals surface area contributed by atoms with Gasteiger partial charge in [0.2, 0.25) is 5.91 Å². The summed E-state index contributed by atoms with van der Waals surface area (Å²) in [6.45, 7) is 0.205. The molecule has 1 aliphatic rings. The molecule has 2 aromatic carbocycles. The molecule has 4 rings (SSSR count). The van der Waals surface area contributed by atoms with Gasteiger partial charge in [-0.3, -0.25) is 14.6 Å². The number of rotatable bonds is 5. The summed E-state index contributed by atoms with van der Waals surface area (Å²) >= 11 is 0. The van der Waals surface area contributed by atoms with Crippen molar-refractivity contribution in [3.8, 4) is 11.5 Å². The standard InChI is InChI=1S/C22H17FN2O4/c23-17-11-16(12-19-20(17)18(26)7-10-28-19)29-21(14-5-8-25-9-6-14)13-1-3-15(4-2-13)22(24)27/h1-6,8-9,11-12,21H,7,10H2,(H2,24,27). The molecule has 1 unspecified atom stereocenters. The highest BCUT2D eigenvalue weighted by Crippen LogP contribution is 2.35. The van der Waals surface area contributed by atoms with Crippen LogP contribution in [0.25, 0.3) is 0 Å². The van der Waals surface area contributed by atoms with E-state index in [1.165, 1.54) is 12.1 Å². The zero-order valence-electron chi connectivity index (χ0n) is 15.3. The van der Waals surface area contributed by atoms with Gasteiger partial charge in [0, 0.05) is 36.5 Å². The molecule has 1 aliphatic heterocycles. The number of amides is 1. The summed E-state index contributed by atoms with van der Waals surface area (Å²) in [6, 6.07) is 12.9. The monoisotopic (exact) mass is 392 g/mol. The summed E-state index contributed by atoms with van der Waals surface area (Å²) in [4.78, 5) is 27.3. The van der Waals surface area contributed by atoms with Gasteiger partial charge in [0.15, 0.2) is 5.78 Å². The number of hydrogen-bond donors (Lipinski definition) is 1. The normalized spacial score (nSPS) is 13.9. The van der Waals surface area contributed by atoms with Crippen LogP contribution < -0.4 is 15.2 Å². The predicted molar refractivity (Wildman–Crippen MR) is 103 cm³/mol. The fourth-order valence-corrected chi connectivity index (χ4v) is 3.21. The maximum atomic E-state index is 14.5. The minimum absolute atomic E-state index is 0.0464. The van der Waals surface area contributed by atoms with Crippen LogP contribution in [0.1, 0.15) is 44.4 Å². The maximum absolute atomic E-state index is 14.5. The third kappa shape index (κ3) is 3.80. The van der Waals surface area contributed by atoms with Crippen molar-refractivity contribution < 1.29 is 23.5 Å². The lowest BCUT2D eigenvalue weighted by molar-refractivity contribution is 0.0926. The average Bonchev–Trinajstić information content (AvgIpc) is 2.72. The summed E-state index contributed by atoms with van der Waals surface area (Å²) in [5.74, 6) is -1.11. The molecule has 146 valence electrons. The number of Topliss-reactive ketones (excluding diaryl/α,β-unsaturated/α-hetero) is 1. The van der Waals surface area contributed by atoms with Crippen LogP contribution in [-0.4, -0.2) is 23.3 Å². The molecule has 0 spiro atoms. The SMILES string of the molecule is NC(=O)c1ccc(C(Oc2cc(F)c3c(c2)OCCC3=O)c2ccncc2)cc1. The number of aromatic nitrogens is 1. The van der Waals surface area contributed by atoms with E-state index in [1.807, 2.05) is 0 Å². The third-order valence-electron chi connectivity index (χ3n) is 4.65. The first-order valence-electron chi connectivity index (χ1n) is 8.99. The van der Waals surface area contributed by atoms with Crippen LogP contribution in [0.5, 0.6) is 11.5 Å². The van der Waals surface area contributed by atoms with Crippen LogP contribution in [0.15, 0.2) is 60.9 Å². The van der Waals surface area contributed by atoms with Gasteiger partial charge in [-0.1, -0.05) is 12.1 Å². The summed E-state index contributed by atoms with van der Waals surface area (Å²) in [6.07, 6.45) is 2.80. The lowest BCUT2D eigenvalue weighted by atomic mass is 10.0. The third-order valence-corrected chi connectivity index (χ3v) is 4.65. The van der Waals surface area contributed by atoms with Gasteiger partial charge in [-0.25, -0.2) is 4.39 Å². The van der Waals surface area contributed by atoms with Gasteiger partial charge in [0.05, 0.1) is 12.2 Å². The molecule has 1 atom stereocenters. The molecule has 7 heteroatoms. The Morgan fingerprint density at radius 2 is 1.79 bits per heavy atom. The quantitative estimate of drug-likeness (QED) is 0.718. The summed E-state index contributed by atoms with van der Waals surface area (Å²) in [7, 11) is 0. The van der Waals surface area contributed by atoms with Gasteiger partial charge in [-0.2, -0.15) is 0 Å². The number of ketones is 1.